The van der Waals surface area contributed by atoms with Gasteiger partial charge in [-0.1, -0.05) is 18.2 Å². The SMILES string of the molecule is CC(C)N(CCc1c[nH]c2cccc(OC(=O)/C=C/C(=O)O)c12)C(C)C.CC(C)N(CCc1c[nH]c2cccc(OC(=O)CCC(=O)O)c12)C(C)C.CN(C)CCc1c[nH]c2cccc(OC(=O)CCC(=O)O)c12.Cc1c(OC(=O)CCC(=O)O)ccc2[nH]cc(CCN(C)C)c12. The molecule has 0 aliphatic rings. The molecule has 4 heterocycles. The van der Waals surface area contributed by atoms with Gasteiger partial charge in [-0.2, -0.15) is 0 Å². The number of ether oxygens (including phenoxy) is 4. The molecule has 0 bridgehead atoms. The normalized spacial score (nSPS) is 11.5. The Kier molecular flexibility index (Phi) is 30.8. The number of aryl methyl sites for hydroxylation is 1. The molecule has 8 rings (SSSR count). The van der Waals surface area contributed by atoms with Crippen LogP contribution in [0.25, 0.3) is 43.6 Å². The van der Waals surface area contributed by atoms with E-state index >= 15 is 0 Å². The number of H-pyrrole nitrogens is 4. The summed E-state index contributed by atoms with van der Waals surface area (Å²) >= 11 is 0. The number of carboxylic acids is 4. The van der Waals surface area contributed by atoms with Gasteiger partial charge in [0.1, 0.15) is 23.0 Å². The number of carbonyl (C=O) groups excluding carboxylic acids is 4. The Labute approximate surface area is 565 Å². The molecule has 0 spiro atoms. The molecule has 0 aliphatic carbocycles. The molecule has 4 aromatic heterocycles. The second-order valence-corrected chi connectivity index (χ2v) is 25.1. The quantitative estimate of drug-likeness (QED) is 0.0114. The van der Waals surface area contributed by atoms with Gasteiger partial charge >= 0.3 is 47.8 Å². The van der Waals surface area contributed by atoms with Crippen LogP contribution in [0, 0.1) is 6.92 Å². The highest BCUT2D eigenvalue weighted by atomic mass is 16.5. The minimum Gasteiger partial charge on any atom is -0.481 e. The highest BCUT2D eigenvalue weighted by molar-refractivity contribution is 5.97. The molecular weight excluding hydrogens is 1240 g/mol. The summed E-state index contributed by atoms with van der Waals surface area (Å²) in [5.41, 5.74) is 8.99. The number of nitrogens with one attached hydrogen (secondary N) is 4. The molecule has 24 nitrogen and oxygen atoms in total. The number of hydrogen-bond acceptors (Lipinski definition) is 16. The number of carboxylic acid groups (broad SMARTS) is 4. The van der Waals surface area contributed by atoms with Crippen molar-refractivity contribution in [2.45, 2.75) is 151 Å². The smallest absolute Gasteiger partial charge is 0.336 e. The van der Waals surface area contributed by atoms with Gasteiger partial charge in [-0.25, -0.2) is 9.59 Å². The van der Waals surface area contributed by atoms with Crippen molar-refractivity contribution in [2.24, 2.45) is 0 Å². The zero-order chi connectivity index (χ0) is 71.6. The summed E-state index contributed by atoms with van der Waals surface area (Å²) in [7, 11) is 8.05. The standard InChI is InChI=1S/C20H28N2O4.C20H26N2O4.C17H22N2O4.C16H20N2O4/c2*1-13(2)22(14(3)4)11-10-15-12-21-16-6-5-7-17(20(15)16)26-19(25)9-8-18(23)24;1-11-14(23-16(22)7-6-15(20)21)5-4-13-17(11)12(10-18-13)8-9-19(2)3;1-18(2)9-8-11-10-17-12-4-3-5-13(16(11)12)22-15(21)7-6-14(19)20/h5-7,12-14,21H,8-11H2,1-4H3,(H,23,24);5-9,12-14,21H,10-11H2,1-4H3,(H,23,24);4-5,10,18H,6-9H2,1-3H3,(H,20,21);3-5,10,17H,6-9H2,1-2H3,(H,19,20)/b;9-8+;;. The topological polar surface area (TPSA) is 331 Å². The number of carbonyl (C=O) groups is 8. The Bertz CT molecular complexity index is 3960. The van der Waals surface area contributed by atoms with E-state index in [1.807, 2.05) is 90.2 Å². The number of aliphatic carboxylic acids is 4. The minimum atomic E-state index is -1.19. The van der Waals surface area contributed by atoms with Crippen molar-refractivity contribution in [2.75, 3.05) is 54.4 Å². The van der Waals surface area contributed by atoms with Crippen molar-refractivity contribution >= 4 is 91.4 Å². The maximum Gasteiger partial charge on any atom is 0.336 e. The van der Waals surface area contributed by atoms with Crippen molar-refractivity contribution in [3.63, 3.8) is 0 Å². The maximum atomic E-state index is 11.9. The fourth-order valence-corrected chi connectivity index (χ4v) is 11.1. The summed E-state index contributed by atoms with van der Waals surface area (Å²) in [6.45, 7) is 23.0. The molecule has 0 unspecified atom stereocenters. The highest BCUT2D eigenvalue weighted by Crippen LogP contribution is 2.34. The number of aromatic nitrogens is 4. The summed E-state index contributed by atoms with van der Waals surface area (Å²) in [6.07, 6.45) is 11.8. The molecule has 524 valence electrons. The van der Waals surface area contributed by atoms with E-state index in [1.165, 1.54) is 5.56 Å². The van der Waals surface area contributed by atoms with Crippen LogP contribution in [0.2, 0.25) is 0 Å². The first kappa shape index (κ1) is 78.1. The fourth-order valence-electron chi connectivity index (χ4n) is 11.1. The van der Waals surface area contributed by atoms with Crippen LogP contribution in [0.4, 0.5) is 0 Å². The molecule has 0 amide bonds. The van der Waals surface area contributed by atoms with Crippen molar-refractivity contribution in [1.29, 1.82) is 0 Å². The lowest BCUT2D eigenvalue weighted by Crippen LogP contribution is -2.38. The summed E-state index contributed by atoms with van der Waals surface area (Å²) in [4.78, 5) is 111. The van der Waals surface area contributed by atoms with Crippen LogP contribution in [0.15, 0.2) is 104 Å². The molecule has 0 atom stereocenters. The van der Waals surface area contributed by atoms with E-state index in [1.54, 1.807) is 36.4 Å². The molecule has 0 fully saturated rings. The molecule has 0 saturated heterocycles. The van der Waals surface area contributed by atoms with E-state index in [2.05, 4.69) is 94.9 Å². The van der Waals surface area contributed by atoms with Crippen molar-refractivity contribution in [3.05, 3.63) is 131 Å². The van der Waals surface area contributed by atoms with Gasteiger partial charge < -0.3 is 69.1 Å². The predicted molar refractivity (Wildman–Crippen MR) is 374 cm³/mol. The maximum absolute atomic E-state index is 11.9. The Balaban J connectivity index is 0.000000234. The lowest BCUT2D eigenvalue weighted by Gasteiger charge is -2.30. The lowest BCUT2D eigenvalue weighted by atomic mass is 10.0. The number of esters is 4. The Morgan fingerprint density at radius 2 is 0.701 bits per heavy atom. The third-order valence-electron chi connectivity index (χ3n) is 15.8. The first-order chi connectivity index (χ1) is 45.9. The lowest BCUT2D eigenvalue weighted by molar-refractivity contribution is -0.142. The average Bonchev–Trinajstić information content (AvgIpc) is 1.71. The molecular formula is C73H96N8O16. The second kappa shape index (κ2) is 38.2. The van der Waals surface area contributed by atoms with E-state index < -0.39 is 47.8 Å². The summed E-state index contributed by atoms with van der Waals surface area (Å²) in [6, 6.07) is 21.8. The van der Waals surface area contributed by atoms with E-state index in [0.29, 0.717) is 47.2 Å². The number of likely N-dealkylation sites (N-methyl/N-ethyl adjacent to an activating group) is 2. The van der Waals surface area contributed by atoms with Gasteiger partial charge in [0, 0.05) is 136 Å². The summed E-state index contributed by atoms with van der Waals surface area (Å²) < 4.78 is 21.5. The molecule has 0 saturated carbocycles. The number of aromatic amines is 4. The molecule has 8 N–H and O–H groups in total. The molecule has 0 aliphatic heterocycles. The first-order valence-corrected chi connectivity index (χ1v) is 32.5. The van der Waals surface area contributed by atoms with Crippen molar-refractivity contribution in [3.8, 4) is 23.0 Å². The zero-order valence-corrected chi connectivity index (χ0v) is 58.0. The van der Waals surface area contributed by atoms with Gasteiger partial charge in [-0.05, 0) is 187 Å². The third kappa shape index (κ3) is 24.8. The van der Waals surface area contributed by atoms with Crippen LogP contribution in [0.1, 0.15) is 122 Å². The number of hydrogen-bond donors (Lipinski definition) is 8. The zero-order valence-electron chi connectivity index (χ0n) is 58.0. The van der Waals surface area contributed by atoms with Gasteiger partial charge in [0.2, 0.25) is 0 Å². The second-order valence-electron chi connectivity index (χ2n) is 25.1. The van der Waals surface area contributed by atoms with E-state index in [4.69, 9.17) is 39.4 Å². The Hall–Kier alpha value is -9.62. The molecule has 4 aromatic carbocycles. The number of fused-ring (bicyclic) bond motifs is 4. The van der Waals surface area contributed by atoms with Crippen LogP contribution in [-0.2, 0) is 64.0 Å². The summed E-state index contributed by atoms with van der Waals surface area (Å²) in [5.74, 6) is -4.65. The Morgan fingerprint density at radius 1 is 0.392 bits per heavy atom. The number of nitrogens with zero attached hydrogens (tertiary/aromatic N) is 4. The van der Waals surface area contributed by atoms with Gasteiger partial charge in [-0.15, -0.1) is 0 Å². The molecule has 8 aromatic rings. The number of benzene rings is 4. The predicted octanol–water partition coefficient (Wildman–Crippen LogP) is 11.4. The van der Waals surface area contributed by atoms with Crippen LogP contribution >= 0.6 is 0 Å². The van der Waals surface area contributed by atoms with Crippen molar-refractivity contribution < 1.29 is 77.7 Å². The minimum absolute atomic E-state index is 0.132. The van der Waals surface area contributed by atoms with Crippen LogP contribution in [0.3, 0.4) is 0 Å². The largest absolute Gasteiger partial charge is 0.481 e. The average molecular weight is 1340 g/mol. The Morgan fingerprint density at radius 3 is 1.02 bits per heavy atom. The molecule has 0 radical (unpaired) electrons. The van der Waals surface area contributed by atoms with Crippen LogP contribution < -0.4 is 18.9 Å². The van der Waals surface area contributed by atoms with Gasteiger partial charge in [0.25, 0.3) is 0 Å². The summed E-state index contributed by atoms with van der Waals surface area (Å²) in [5, 5.41) is 38.3. The van der Waals surface area contributed by atoms with E-state index in [0.717, 1.165) is 130 Å². The van der Waals surface area contributed by atoms with Crippen LogP contribution in [0.5, 0.6) is 23.0 Å². The van der Waals surface area contributed by atoms with Crippen LogP contribution in [-0.4, -0.2) is 186 Å². The molecule has 24 heteroatoms. The monoisotopic (exact) mass is 1340 g/mol. The van der Waals surface area contributed by atoms with Gasteiger partial charge in [-0.3, -0.25) is 38.6 Å². The first-order valence-electron chi connectivity index (χ1n) is 32.5. The fraction of sp³-hybridized carbons (Fsp3) is 0.425. The third-order valence-corrected chi connectivity index (χ3v) is 15.8. The number of rotatable bonds is 31. The van der Waals surface area contributed by atoms with Crippen molar-refractivity contribution in [1.82, 2.24) is 39.5 Å². The van der Waals surface area contributed by atoms with Gasteiger partial charge in [0.05, 0.1) is 38.5 Å². The van der Waals surface area contributed by atoms with E-state index in [-0.39, 0.29) is 38.5 Å². The van der Waals surface area contributed by atoms with Gasteiger partial charge in [0.15, 0.2) is 0 Å². The van der Waals surface area contributed by atoms with E-state index in [9.17, 15) is 38.4 Å². The molecule has 97 heavy (non-hydrogen) atoms. The highest BCUT2D eigenvalue weighted by Gasteiger charge is 2.21.